The van der Waals surface area contributed by atoms with Crippen molar-refractivity contribution in [2.75, 3.05) is 13.6 Å². The van der Waals surface area contributed by atoms with Crippen LogP contribution in [-0.2, 0) is 6.54 Å². The quantitative estimate of drug-likeness (QED) is 0.829. The maximum absolute atomic E-state index is 9.66. The summed E-state index contributed by atoms with van der Waals surface area (Å²) in [6, 6.07) is 5.27. The number of halogens is 1. The van der Waals surface area contributed by atoms with Gasteiger partial charge in [0.05, 0.1) is 11.1 Å². The van der Waals surface area contributed by atoms with E-state index >= 15 is 0 Å². The maximum atomic E-state index is 9.66. The molecule has 2 N–H and O–H groups in total. The van der Waals surface area contributed by atoms with Gasteiger partial charge in [0.2, 0.25) is 0 Å². The van der Waals surface area contributed by atoms with E-state index in [0.717, 1.165) is 5.56 Å². The van der Waals surface area contributed by atoms with Crippen molar-refractivity contribution in [1.82, 2.24) is 4.90 Å². The first kappa shape index (κ1) is 12.3. The molecule has 0 saturated carbocycles. The average Bonchev–Trinajstić information content (AvgIpc) is 2.11. The fourth-order valence-corrected chi connectivity index (χ4v) is 1.69. The van der Waals surface area contributed by atoms with Crippen molar-refractivity contribution in [3.8, 4) is 5.75 Å². The van der Waals surface area contributed by atoms with Gasteiger partial charge in [0, 0.05) is 18.7 Å². The molecule has 0 unspecified atom stereocenters. The number of aliphatic hydroxyl groups excluding tert-OH is 1. The van der Waals surface area contributed by atoms with Crippen LogP contribution in [0.25, 0.3) is 0 Å². The van der Waals surface area contributed by atoms with Crippen LogP contribution in [0.4, 0.5) is 0 Å². The molecule has 1 aromatic rings. The molecule has 3 nitrogen and oxygen atoms in total. The van der Waals surface area contributed by atoms with Gasteiger partial charge in [-0.2, -0.15) is 0 Å². The molecular formula is C11H16ClNO2. The Bertz CT molecular complexity index is 328. The predicted octanol–water partition coefficient (Wildman–Crippen LogP) is 1.86. The molecule has 1 atom stereocenters. The third-order valence-corrected chi connectivity index (χ3v) is 2.39. The minimum absolute atomic E-state index is 0.122. The van der Waals surface area contributed by atoms with Crippen LogP contribution in [0.15, 0.2) is 18.2 Å². The molecule has 0 spiro atoms. The van der Waals surface area contributed by atoms with Crippen LogP contribution in [0.2, 0.25) is 5.02 Å². The van der Waals surface area contributed by atoms with E-state index in [-0.39, 0.29) is 11.9 Å². The lowest BCUT2D eigenvalue weighted by Gasteiger charge is -2.19. The number of phenolic OH excluding ortho intramolecular Hbond substituents is 1. The average molecular weight is 230 g/mol. The molecule has 0 radical (unpaired) electrons. The third-order valence-electron chi connectivity index (χ3n) is 2.09. The van der Waals surface area contributed by atoms with Crippen LogP contribution < -0.4 is 0 Å². The van der Waals surface area contributed by atoms with Gasteiger partial charge in [-0.3, -0.25) is 4.90 Å². The van der Waals surface area contributed by atoms with Crippen molar-refractivity contribution >= 4 is 11.6 Å². The van der Waals surface area contributed by atoms with Gasteiger partial charge in [-0.25, -0.2) is 0 Å². The SMILES string of the molecule is C[C@@H](O)CN(C)Cc1cccc(Cl)c1O. The first-order valence-electron chi connectivity index (χ1n) is 4.83. The second-order valence-corrected chi connectivity index (χ2v) is 4.20. The largest absolute Gasteiger partial charge is 0.506 e. The monoisotopic (exact) mass is 229 g/mol. The first-order chi connectivity index (χ1) is 7.00. The molecule has 0 aliphatic heterocycles. The minimum atomic E-state index is -0.378. The molecule has 0 saturated heterocycles. The Morgan fingerprint density at radius 2 is 2.13 bits per heavy atom. The zero-order valence-electron chi connectivity index (χ0n) is 8.94. The third kappa shape index (κ3) is 3.70. The highest BCUT2D eigenvalue weighted by Crippen LogP contribution is 2.27. The number of rotatable bonds is 4. The number of para-hydroxylation sites is 1. The molecule has 1 rings (SSSR count). The van der Waals surface area contributed by atoms with Crippen LogP contribution in [0.3, 0.4) is 0 Å². The Hall–Kier alpha value is -0.770. The molecule has 15 heavy (non-hydrogen) atoms. The van der Waals surface area contributed by atoms with Gasteiger partial charge < -0.3 is 10.2 Å². The van der Waals surface area contributed by atoms with E-state index in [4.69, 9.17) is 11.6 Å². The van der Waals surface area contributed by atoms with Crippen molar-refractivity contribution in [2.45, 2.75) is 19.6 Å². The Labute approximate surface area is 94.9 Å². The topological polar surface area (TPSA) is 43.7 Å². The van der Waals surface area contributed by atoms with E-state index in [1.165, 1.54) is 0 Å². The van der Waals surface area contributed by atoms with Crippen LogP contribution in [-0.4, -0.2) is 34.8 Å². The fraction of sp³-hybridized carbons (Fsp3) is 0.455. The van der Waals surface area contributed by atoms with Gasteiger partial charge in [-0.05, 0) is 20.0 Å². The van der Waals surface area contributed by atoms with Gasteiger partial charge in [0.15, 0.2) is 0 Å². The van der Waals surface area contributed by atoms with E-state index < -0.39 is 0 Å². The van der Waals surface area contributed by atoms with Crippen molar-refractivity contribution in [3.05, 3.63) is 28.8 Å². The fourth-order valence-electron chi connectivity index (χ4n) is 1.49. The number of likely N-dealkylation sites (N-methyl/N-ethyl adjacent to an activating group) is 1. The van der Waals surface area contributed by atoms with Crippen LogP contribution in [0.1, 0.15) is 12.5 Å². The van der Waals surface area contributed by atoms with Gasteiger partial charge >= 0.3 is 0 Å². The van der Waals surface area contributed by atoms with Crippen molar-refractivity contribution in [2.24, 2.45) is 0 Å². The molecular weight excluding hydrogens is 214 g/mol. The Balaban J connectivity index is 2.68. The zero-order chi connectivity index (χ0) is 11.4. The van der Waals surface area contributed by atoms with Crippen LogP contribution in [0.5, 0.6) is 5.75 Å². The second-order valence-electron chi connectivity index (χ2n) is 3.79. The number of aromatic hydroxyl groups is 1. The van der Waals surface area contributed by atoms with Crippen LogP contribution in [0, 0.1) is 0 Å². The summed E-state index contributed by atoms with van der Waals surface area (Å²) in [5, 5.41) is 19.2. The van der Waals surface area contributed by atoms with E-state index in [2.05, 4.69) is 0 Å². The van der Waals surface area contributed by atoms with E-state index in [1.54, 1.807) is 19.1 Å². The molecule has 0 heterocycles. The number of phenols is 1. The van der Waals surface area contributed by atoms with Crippen molar-refractivity contribution in [1.29, 1.82) is 0 Å². The summed E-state index contributed by atoms with van der Waals surface area (Å²) in [4.78, 5) is 1.93. The predicted molar refractivity (Wildman–Crippen MR) is 61.1 cm³/mol. The first-order valence-corrected chi connectivity index (χ1v) is 5.21. The molecule has 0 amide bonds. The van der Waals surface area contributed by atoms with E-state index in [1.807, 2.05) is 18.0 Å². The Morgan fingerprint density at radius 3 is 2.73 bits per heavy atom. The van der Waals surface area contributed by atoms with Gasteiger partial charge in [0.25, 0.3) is 0 Å². The Morgan fingerprint density at radius 1 is 1.47 bits per heavy atom. The number of hydrogen-bond donors (Lipinski definition) is 2. The highest BCUT2D eigenvalue weighted by Gasteiger charge is 2.09. The molecule has 4 heteroatoms. The lowest BCUT2D eigenvalue weighted by molar-refractivity contribution is 0.138. The number of aliphatic hydroxyl groups is 1. The molecule has 84 valence electrons. The smallest absolute Gasteiger partial charge is 0.138 e. The summed E-state index contributed by atoms with van der Waals surface area (Å²) >= 11 is 5.79. The highest BCUT2D eigenvalue weighted by atomic mass is 35.5. The molecule has 0 bridgehead atoms. The van der Waals surface area contributed by atoms with Gasteiger partial charge in [-0.15, -0.1) is 0 Å². The summed E-state index contributed by atoms with van der Waals surface area (Å²) in [5.74, 6) is 0.122. The van der Waals surface area contributed by atoms with Crippen LogP contribution >= 0.6 is 11.6 Å². The lowest BCUT2D eigenvalue weighted by atomic mass is 10.2. The van der Waals surface area contributed by atoms with E-state index in [9.17, 15) is 10.2 Å². The maximum Gasteiger partial charge on any atom is 0.138 e. The minimum Gasteiger partial charge on any atom is -0.506 e. The van der Waals surface area contributed by atoms with Gasteiger partial charge in [-0.1, -0.05) is 23.7 Å². The summed E-state index contributed by atoms with van der Waals surface area (Å²) in [5.41, 5.74) is 0.769. The molecule has 0 aromatic heterocycles. The molecule has 0 aliphatic carbocycles. The molecule has 1 aromatic carbocycles. The number of hydrogen-bond acceptors (Lipinski definition) is 3. The van der Waals surface area contributed by atoms with Crippen molar-refractivity contribution in [3.63, 3.8) is 0 Å². The standard InChI is InChI=1S/C11H16ClNO2/c1-8(14)6-13(2)7-9-4-3-5-10(12)11(9)15/h3-5,8,14-15H,6-7H2,1-2H3/t8-/m1/s1. The van der Waals surface area contributed by atoms with E-state index in [0.29, 0.717) is 18.1 Å². The second kappa shape index (κ2) is 5.35. The highest BCUT2D eigenvalue weighted by molar-refractivity contribution is 6.32. The zero-order valence-corrected chi connectivity index (χ0v) is 9.70. The molecule has 0 aliphatic rings. The number of benzene rings is 1. The molecule has 0 fully saturated rings. The summed E-state index contributed by atoms with van der Waals surface area (Å²) in [6.07, 6.45) is -0.378. The van der Waals surface area contributed by atoms with Gasteiger partial charge in [0.1, 0.15) is 5.75 Å². The Kier molecular flexibility index (Phi) is 4.39. The summed E-state index contributed by atoms with van der Waals surface area (Å²) < 4.78 is 0. The number of nitrogens with zero attached hydrogens (tertiary/aromatic N) is 1. The normalized spacial score (nSPS) is 13.1. The van der Waals surface area contributed by atoms with Crippen molar-refractivity contribution < 1.29 is 10.2 Å². The lowest BCUT2D eigenvalue weighted by Crippen LogP contribution is -2.26. The summed E-state index contributed by atoms with van der Waals surface area (Å²) in [7, 11) is 1.88. The summed E-state index contributed by atoms with van der Waals surface area (Å²) in [6.45, 7) is 2.86.